The van der Waals surface area contributed by atoms with Crippen LogP contribution in [0.15, 0.2) is 65.1 Å². The molecule has 0 atom stereocenters. The van der Waals surface area contributed by atoms with E-state index >= 15 is 0 Å². The molecule has 0 saturated carbocycles. The third kappa shape index (κ3) is 4.19. The van der Waals surface area contributed by atoms with Crippen LogP contribution in [0.3, 0.4) is 0 Å². The first-order valence-electron chi connectivity index (χ1n) is 9.15. The number of aromatic nitrogens is 1. The number of hydrogen-bond acceptors (Lipinski definition) is 4. The van der Waals surface area contributed by atoms with E-state index < -0.39 is 11.9 Å². The van der Waals surface area contributed by atoms with Gasteiger partial charge in [0.05, 0.1) is 19.6 Å². The van der Waals surface area contributed by atoms with Crippen molar-refractivity contribution < 1.29 is 14.4 Å². The van der Waals surface area contributed by atoms with E-state index in [4.69, 9.17) is 11.6 Å². The Labute approximate surface area is 181 Å². The summed E-state index contributed by atoms with van der Waals surface area (Å²) in [7, 11) is 0. The average Bonchev–Trinajstić information content (AvgIpc) is 3.31. The Morgan fingerprint density at radius 3 is 2.53 bits per heavy atom. The molecule has 4 rings (SSSR count). The van der Waals surface area contributed by atoms with E-state index in [1.54, 1.807) is 24.3 Å². The molecule has 2 heterocycles. The lowest BCUT2D eigenvalue weighted by molar-refractivity contribution is -0.125. The van der Waals surface area contributed by atoms with Crippen LogP contribution in [0.4, 0.5) is 4.79 Å². The first kappa shape index (κ1) is 20.1. The minimum absolute atomic E-state index is 0.0200. The lowest BCUT2D eigenvalue weighted by atomic mass is 10.1. The van der Waals surface area contributed by atoms with Gasteiger partial charge >= 0.3 is 6.03 Å². The summed E-state index contributed by atoms with van der Waals surface area (Å²) in [4.78, 5) is 42.6. The van der Waals surface area contributed by atoms with Gasteiger partial charge in [0.1, 0.15) is 0 Å². The van der Waals surface area contributed by atoms with Crippen molar-refractivity contribution in [1.29, 1.82) is 0 Å². The van der Waals surface area contributed by atoms with Gasteiger partial charge in [-0.25, -0.2) is 4.79 Å². The number of nitrogens with one attached hydrogen (secondary N) is 1. The van der Waals surface area contributed by atoms with Gasteiger partial charge in [-0.05, 0) is 23.3 Å². The number of urea groups is 1. The molecule has 1 aliphatic heterocycles. The zero-order valence-corrected chi connectivity index (χ0v) is 17.3. The van der Waals surface area contributed by atoms with Crippen LogP contribution in [0, 0.1) is 0 Å². The number of imide groups is 1. The summed E-state index contributed by atoms with van der Waals surface area (Å²) < 4.78 is 1.85. The summed E-state index contributed by atoms with van der Waals surface area (Å²) >= 11 is 7.59. The van der Waals surface area contributed by atoms with Crippen molar-refractivity contribution in [3.63, 3.8) is 0 Å². The van der Waals surface area contributed by atoms with E-state index in [1.165, 1.54) is 11.3 Å². The van der Waals surface area contributed by atoms with Gasteiger partial charge in [0.2, 0.25) is 5.91 Å². The number of carbonyl (C=O) groups is 3. The first-order valence-corrected chi connectivity index (χ1v) is 10.4. The minimum atomic E-state index is -0.463. The molecule has 1 aromatic heterocycles. The molecule has 1 aliphatic rings. The van der Waals surface area contributed by atoms with E-state index in [2.05, 4.69) is 10.3 Å². The molecule has 152 valence electrons. The quantitative estimate of drug-likeness (QED) is 0.619. The molecule has 0 unspecified atom stereocenters. The van der Waals surface area contributed by atoms with Crippen molar-refractivity contribution in [2.24, 2.45) is 4.99 Å². The Morgan fingerprint density at radius 1 is 1.07 bits per heavy atom. The van der Waals surface area contributed by atoms with Crippen LogP contribution in [-0.2, 0) is 17.9 Å². The van der Waals surface area contributed by atoms with Gasteiger partial charge in [-0.1, -0.05) is 48.0 Å². The van der Waals surface area contributed by atoms with Gasteiger partial charge in [0, 0.05) is 22.2 Å². The molecular weight excluding hydrogens is 424 g/mol. The third-order valence-electron chi connectivity index (χ3n) is 4.67. The Hall–Kier alpha value is -3.23. The van der Waals surface area contributed by atoms with Crippen LogP contribution in [0.1, 0.15) is 21.5 Å². The summed E-state index contributed by atoms with van der Waals surface area (Å²) in [5.74, 6) is -0.761. The number of carbonyl (C=O) groups excluding carboxylic acids is 3. The molecule has 9 heteroatoms. The molecule has 4 amide bonds. The number of hydrogen-bond donors (Lipinski definition) is 1. The van der Waals surface area contributed by atoms with E-state index in [0.717, 1.165) is 10.5 Å². The van der Waals surface area contributed by atoms with Crippen molar-refractivity contribution in [3.05, 3.63) is 86.6 Å². The second-order valence-corrected chi connectivity index (χ2v) is 7.90. The highest BCUT2D eigenvalue weighted by molar-refractivity contribution is 7.07. The fraction of sp³-hybridized carbons (Fsp3) is 0.143. The molecular formula is C21H17ClN4O3S. The second-order valence-electron chi connectivity index (χ2n) is 6.62. The predicted octanol–water partition coefficient (Wildman–Crippen LogP) is 3.04. The number of nitrogens with zero attached hydrogens (tertiary/aromatic N) is 3. The van der Waals surface area contributed by atoms with Crippen molar-refractivity contribution >= 4 is 40.8 Å². The predicted molar refractivity (Wildman–Crippen MR) is 113 cm³/mol. The van der Waals surface area contributed by atoms with E-state index in [-0.39, 0.29) is 19.0 Å². The highest BCUT2D eigenvalue weighted by Crippen LogP contribution is 2.17. The maximum atomic E-state index is 12.9. The van der Waals surface area contributed by atoms with Gasteiger partial charge < -0.3 is 9.88 Å². The van der Waals surface area contributed by atoms with Crippen molar-refractivity contribution in [2.75, 3.05) is 6.54 Å². The van der Waals surface area contributed by atoms with Crippen molar-refractivity contribution in [1.82, 2.24) is 14.8 Å². The topological polar surface area (TPSA) is 83.8 Å². The van der Waals surface area contributed by atoms with Crippen LogP contribution in [0.5, 0.6) is 0 Å². The lowest BCUT2D eigenvalue weighted by Gasteiger charge is -2.14. The summed E-state index contributed by atoms with van der Waals surface area (Å²) in [6.07, 6.45) is 1.85. The van der Waals surface area contributed by atoms with Gasteiger partial charge in [0.25, 0.3) is 5.91 Å². The van der Waals surface area contributed by atoms with Crippen molar-refractivity contribution in [3.8, 4) is 0 Å². The Balaban J connectivity index is 1.62. The van der Waals surface area contributed by atoms with E-state index in [0.29, 0.717) is 27.5 Å². The number of rotatable bonds is 5. The number of thiazole rings is 1. The minimum Gasteiger partial charge on any atom is -0.329 e. The summed E-state index contributed by atoms with van der Waals surface area (Å²) in [5, 5.41) is 4.97. The van der Waals surface area contributed by atoms with Crippen LogP contribution in [0.2, 0.25) is 5.02 Å². The monoisotopic (exact) mass is 440 g/mol. The number of halogens is 1. The van der Waals surface area contributed by atoms with E-state index in [1.807, 2.05) is 40.4 Å². The number of amides is 4. The normalized spacial score (nSPS) is 14.3. The highest BCUT2D eigenvalue weighted by atomic mass is 35.5. The zero-order chi connectivity index (χ0) is 21.1. The third-order valence-corrected chi connectivity index (χ3v) is 5.83. The lowest BCUT2D eigenvalue weighted by Crippen LogP contribution is -2.31. The molecule has 3 aromatic rings. The van der Waals surface area contributed by atoms with Gasteiger partial charge in [-0.15, -0.1) is 11.3 Å². The molecule has 2 aromatic carbocycles. The Bertz CT molecular complexity index is 1180. The first-order chi connectivity index (χ1) is 14.5. The molecule has 0 aliphatic carbocycles. The average molecular weight is 441 g/mol. The smallest absolute Gasteiger partial charge is 0.324 e. The van der Waals surface area contributed by atoms with Gasteiger partial charge in [-0.2, -0.15) is 4.99 Å². The summed E-state index contributed by atoms with van der Waals surface area (Å²) in [6.45, 7) is 0.474. The molecule has 30 heavy (non-hydrogen) atoms. The molecule has 1 fully saturated rings. The summed E-state index contributed by atoms with van der Waals surface area (Å²) in [6, 6.07) is 13.9. The molecule has 1 N–H and O–H groups in total. The van der Waals surface area contributed by atoms with Crippen LogP contribution in [0.25, 0.3) is 0 Å². The number of benzene rings is 2. The SMILES string of the molecule is O=C(N=c1sccn1Cc1ccccc1Cl)c1ccccc1CN1C(=O)CNC1=O. The van der Waals surface area contributed by atoms with Crippen LogP contribution >= 0.6 is 22.9 Å². The van der Waals surface area contributed by atoms with Crippen molar-refractivity contribution in [2.45, 2.75) is 13.1 Å². The zero-order valence-electron chi connectivity index (χ0n) is 15.7. The molecule has 0 spiro atoms. The maximum Gasteiger partial charge on any atom is 0.324 e. The van der Waals surface area contributed by atoms with Crippen LogP contribution < -0.4 is 10.1 Å². The molecule has 0 bridgehead atoms. The van der Waals surface area contributed by atoms with E-state index in [9.17, 15) is 14.4 Å². The van der Waals surface area contributed by atoms with Gasteiger partial charge in [0.15, 0.2) is 4.80 Å². The fourth-order valence-electron chi connectivity index (χ4n) is 3.12. The molecule has 1 saturated heterocycles. The Morgan fingerprint density at radius 2 is 1.80 bits per heavy atom. The highest BCUT2D eigenvalue weighted by Gasteiger charge is 2.29. The maximum absolute atomic E-state index is 12.9. The Kier molecular flexibility index (Phi) is 5.78. The fourth-order valence-corrected chi connectivity index (χ4v) is 4.04. The summed E-state index contributed by atoms with van der Waals surface area (Å²) in [5.41, 5.74) is 1.83. The molecule has 7 nitrogen and oxygen atoms in total. The molecule has 0 radical (unpaired) electrons. The second kappa shape index (κ2) is 8.64. The van der Waals surface area contributed by atoms with Gasteiger partial charge in [-0.3, -0.25) is 14.5 Å². The van der Waals surface area contributed by atoms with Crippen LogP contribution in [-0.4, -0.2) is 33.9 Å². The standard InChI is InChI=1S/C21H17ClN4O3S/c22-17-8-4-2-6-15(17)12-25-9-10-30-21(25)24-19(28)16-7-3-1-5-14(16)13-26-18(27)11-23-20(26)29/h1-10H,11-13H2,(H,23,29). The largest absolute Gasteiger partial charge is 0.329 e.